The molecule has 0 radical (unpaired) electrons. The summed E-state index contributed by atoms with van der Waals surface area (Å²) in [6.45, 7) is 8.01. The quantitative estimate of drug-likeness (QED) is 0.303. The van der Waals surface area contributed by atoms with E-state index < -0.39 is 5.97 Å². The standard InChI is InChI=1S/C22H24O3/c1-5-6-18-9-13-20(21(15-18)24-4)25-22(23)14-10-17-7-11-19(12-8-17)16(2)3/h5,7-16H,1,6H2,2-4H3/b14-10+. The van der Waals surface area contributed by atoms with E-state index in [0.29, 0.717) is 17.4 Å². The molecule has 0 aliphatic carbocycles. The van der Waals surface area contributed by atoms with Gasteiger partial charge in [-0.15, -0.1) is 6.58 Å². The van der Waals surface area contributed by atoms with Gasteiger partial charge in [-0.3, -0.25) is 0 Å². The van der Waals surface area contributed by atoms with Crippen molar-refractivity contribution in [1.82, 2.24) is 0 Å². The van der Waals surface area contributed by atoms with E-state index in [1.54, 1.807) is 19.3 Å². The number of carbonyl (C=O) groups excluding carboxylic acids is 1. The van der Waals surface area contributed by atoms with E-state index >= 15 is 0 Å². The molecule has 0 amide bonds. The van der Waals surface area contributed by atoms with E-state index in [4.69, 9.17) is 9.47 Å². The molecule has 0 unspecified atom stereocenters. The zero-order chi connectivity index (χ0) is 18.2. The first-order valence-electron chi connectivity index (χ1n) is 8.31. The van der Waals surface area contributed by atoms with Gasteiger partial charge in [0.2, 0.25) is 0 Å². The predicted octanol–water partition coefficient (Wildman–Crippen LogP) is 5.17. The zero-order valence-electron chi connectivity index (χ0n) is 15.0. The number of hydrogen-bond acceptors (Lipinski definition) is 3. The van der Waals surface area contributed by atoms with E-state index in [1.807, 2.05) is 30.3 Å². The third-order valence-corrected chi connectivity index (χ3v) is 3.83. The second-order valence-electron chi connectivity index (χ2n) is 6.05. The van der Waals surface area contributed by atoms with E-state index in [-0.39, 0.29) is 0 Å². The summed E-state index contributed by atoms with van der Waals surface area (Å²) in [4.78, 5) is 12.1. The topological polar surface area (TPSA) is 35.5 Å². The van der Waals surface area contributed by atoms with Crippen LogP contribution in [-0.2, 0) is 11.2 Å². The summed E-state index contributed by atoms with van der Waals surface area (Å²) in [7, 11) is 1.55. The highest BCUT2D eigenvalue weighted by Crippen LogP contribution is 2.28. The summed E-state index contributed by atoms with van der Waals surface area (Å²) >= 11 is 0. The van der Waals surface area contributed by atoms with Crippen molar-refractivity contribution in [2.75, 3.05) is 7.11 Å². The van der Waals surface area contributed by atoms with Crippen molar-refractivity contribution in [2.45, 2.75) is 26.2 Å². The Labute approximate surface area is 149 Å². The van der Waals surface area contributed by atoms with Crippen molar-refractivity contribution in [2.24, 2.45) is 0 Å². The lowest BCUT2D eigenvalue weighted by molar-refractivity contribution is -0.129. The smallest absolute Gasteiger partial charge is 0.336 e. The molecule has 0 aromatic heterocycles. The van der Waals surface area contributed by atoms with Gasteiger partial charge in [-0.25, -0.2) is 4.79 Å². The molecule has 0 atom stereocenters. The van der Waals surface area contributed by atoms with Crippen molar-refractivity contribution >= 4 is 12.0 Å². The molecule has 0 fully saturated rings. The fourth-order valence-corrected chi connectivity index (χ4v) is 2.39. The third-order valence-electron chi connectivity index (χ3n) is 3.83. The number of methoxy groups -OCH3 is 1. The lowest BCUT2D eigenvalue weighted by Gasteiger charge is -2.09. The largest absolute Gasteiger partial charge is 0.493 e. The first-order chi connectivity index (χ1) is 12.0. The normalized spacial score (nSPS) is 10.9. The first-order valence-corrected chi connectivity index (χ1v) is 8.31. The average molecular weight is 336 g/mol. The molecule has 0 aliphatic heterocycles. The minimum atomic E-state index is -0.442. The van der Waals surface area contributed by atoms with Crippen LogP contribution < -0.4 is 9.47 Å². The minimum Gasteiger partial charge on any atom is -0.493 e. The fraction of sp³-hybridized carbons (Fsp3) is 0.227. The Balaban J connectivity index is 2.05. The Hall–Kier alpha value is -2.81. The van der Waals surface area contributed by atoms with Crippen molar-refractivity contribution in [3.63, 3.8) is 0 Å². The Morgan fingerprint density at radius 1 is 1.12 bits per heavy atom. The van der Waals surface area contributed by atoms with Gasteiger partial charge in [0.1, 0.15) is 0 Å². The molecule has 0 N–H and O–H groups in total. The molecule has 2 aromatic rings. The van der Waals surface area contributed by atoms with E-state index in [1.165, 1.54) is 11.6 Å². The molecule has 0 spiro atoms. The summed E-state index contributed by atoms with van der Waals surface area (Å²) in [6, 6.07) is 13.6. The van der Waals surface area contributed by atoms with Crippen LogP contribution in [0.25, 0.3) is 6.08 Å². The van der Waals surface area contributed by atoms with E-state index in [9.17, 15) is 4.79 Å². The van der Waals surface area contributed by atoms with E-state index in [0.717, 1.165) is 17.5 Å². The molecule has 130 valence electrons. The maximum Gasteiger partial charge on any atom is 0.336 e. The van der Waals surface area contributed by atoms with Gasteiger partial charge in [-0.1, -0.05) is 50.3 Å². The van der Waals surface area contributed by atoms with Crippen LogP contribution in [0.5, 0.6) is 11.5 Å². The summed E-state index contributed by atoms with van der Waals surface area (Å²) in [5.41, 5.74) is 3.27. The number of allylic oxidation sites excluding steroid dienone is 1. The molecule has 3 nitrogen and oxygen atoms in total. The second kappa shape index (κ2) is 8.88. The lowest BCUT2D eigenvalue weighted by Crippen LogP contribution is -2.05. The van der Waals surface area contributed by atoms with Gasteiger partial charge in [0, 0.05) is 6.08 Å². The maximum atomic E-state index is 12.1. The van der Waals surface area contributed by atoms with Gasteiger partial charge in [0.05, 0.1) is 7.11 Å². The number of carbonyl (C=O) groups is 1. The van der Waals surface area contributed by atoms with Crippen LogP contribution in [0.1, 0.15) is 36.5 Å². The third kappa shape index (κ3) is 5.35. The molecule has 0 heterocycles. The number of rotatable bonds is 7. The second-order valence-corrected chi connectivity index (χ2v) is 6.05. The fourth-order valence-electron chi connectivity index (χ4n) is 2.39. The van der Waals surface area contributed by atoms with E-state index in [2.05, 4.69) is 32.6 Å². The van der Waals surface area contributed by atoms with Gasteiger partial charge in [-0.05, 0) is 47.2 Å². The zero-order valence-corrected chi connectivity index (χ0v) is 15.0. The Morgan fingerprint density at radius 2 is 1.84 bits per heavy atom. The Morgan fingerprint density at radius 3 is 2.44 bits per heavy atom. The molecule has 2 aromatic carbocycles. The molecule has 0 saturated heterocycles. The number of esters is 1. The molecular weight excluding hydrogens is 312 g/mol. The predicted molar refractivity (Wildman–Crippen MR) is 102 cm³/mol. The molecule has 0 bridgehead atoms. The van der Waals surface area contributed by atoms with Crippen LogP contribution in [-0.4, -0.2) is 13.1 Å². The molecule has 25 heavy (non-hydrogen) atoms. The van der Waals surface area contributed by atoms with Crippen LogP contribution in [0.2, 0.25) is 0 Å². The Bertz CT molecular complexity index is 755. The van der Waals surface area contributed by atoms with Crippen molar-refractivity contribution in [3.05, 3.63) is 77.9 Å². The van der Waals surface area contributed by atoms with Gasteiger partial charge in [-0.2, -0.15) is 0 Å². The lowest BCUT2D eigenvalue weighted by atomic mass is 10.0. The van der Waals surface area contributed by atoms with Crippen LogP contribution in [0.4, 0.5) is 0 Å². The number of hydrogen-bond donors (Lipinski definition) is 0. The Kier molecular flexibility index (Phi) is 6.58. The molecule has 3 heteroatoms. The van der Waals surface area contributed by atoms with Gasteiger partial charge >= 0.3 is 5.97 Å². The van der Waals surface area contributed by atoms with Crippen molar-refractivity contribution < 1.29 is 14.3 Å². The molecule has 0 saturated carbocycles. The van der Waals surface area contributed by atoms with Crippen LogP contribution in [0.3, 0.4) is 0 Å². The minimum absolute atomic E-state index is 0.403. The average Bonchev–Trinajstić information content (AvgIpc) is 2.61. The highest BCUT2D eigenvalue weighted by atomic mass is 16.6. The summed E-state index contributed by atoms with van der Waals surface area (Å²) in [6.07, 6.45) is 5.71. The highest BCUT2D eigenvalue weighted by Gasteiger charge is 2.08. The molecule has 0 aliphatic rings. The van der Waals surface area contributed by atoms with Gasteiger partial charge in [0.25, 0.3) is 0 Å². The van der Waals surface area contributed by atoms with Gasteiger partial charge in [0.15, 0.2) is 11.5 Å². The summed E-state index contributed by atoms with van der Waals surface area (Å²) in [5.74, 6) is 0.977. The van der Waals surface area contributed by atoms with Crippen molar-refractivity contribution in [1.29, 1.82) is 0 Å². The number of ether oxygens (including phenoxy) is 2. The van der Waals surface area contributed by atoms with Crippen LogP contribution >= 0.6 is 0 Å². The van der Waals surface area contributed by atoms with Crippen LogP contribution in [0, 0.1) is 0 Å². The first kappa shape index (κ1) is 18.5. The highest BCUT2D eigenvalue weighted by molar-refractivity contribution is 5.89. The van der Waals surface area contributed by atoms with Crippen molar-refractivity contribution in [3.8, 4) is 11.5 Å². The monoisotopic (exact) mass is 336 g/mol. The summed E-state index contributed by atoms with van der Waals surface area (Å²) in [5, 5.41) is 0. The molecule has 2 rings (SSSR count). The maximum absolute atomic E-state index is 12.1. The number of benzene rings is 2. The SMILES string of the molecule is C=CCc1ccc(OC(=O)/C=C/c2ccc(C(C)C)cc2)c(OC)c1. The molecular formula is C22H24O3. The van der Waals surface area contributed by atoms with Gasteiger partial charge < -0.3 is 9.47 Å². The summed E-state index contributed by atoms with van der Waals surface area (Å²) < 4.78 is 10.7. The van der Waals surface area contributed by atoms with Crippen LogP contribution in [0.15, 0.2) is 61.2 Å².